The van der Waals surface area contributed by atoms with Gasteiger partial charge in [0, 0.05) is 17.9 Å². The number of nitrogens with zero attached hydrogens (tertiary/aromatic N) is 5. The Morgan fingerprint density at radius 2 is 2.14 bits per heavy atom. The molecule has 3 aromatic rings. The number of carbonyl (C=O) groups excluding carboxylic acids is 1. The van der Waals surface area contributed by atoms with Crippen molar-refractivity contribution in [2.24, 2.45) is 16.6 Å². The van der Waals surface area contributed by atoms with Gasteiger partial charge in [-0.05, 0) is 38.0 Å². The van der Waals surface area contributed by atoms with Gasteiger partial charge in [0.05, 0.1) is 22.7 Å². The molecule has 0 unspecified atom stereocenters. The molecular formula is C23H21F3N6O3S. The van der Waals surface area contributed by atoms with E-state index in [1.54, 1.807) is 13.8 Å². The smallest absolute Gasteiger partial charge is 0.264 e. The highest BCUT2D eigenvalue weighted by molar-refractivity contribution is 8.15. The minimum Gasteiger partial charge on any atom is -0.466 e. The molecule has 2 aromatic heterocycles. The average molecular weight is 519 g/mol. The Kier molecular flexibility index (Phi) is 5.97. The van der Waals surface area contributed by atoms with E-state index in [9.17, 15) is 18.0 Å². The fourth-order valence-electron chi connectivity index (χ4n) is 4.52. The maximum atomic E-state index is 14.9. The topological polar surface area (TPSA) is 129 Å². The lowest BCUT2D eigenvalue weighted by atomic mass is 9.84. The molecule has 1 aromatic carbocycles. The van der Waals surface area contributed by atoms with E-state index >= 15 is 0 Å². The molecule has 13 heteroatoms. The van der Waals surface area contributed by atoms with Gasteiger partial charge in [0.25, 0.3) is 12.3 Å². The zero-order valence-corrected chi connectivity index (χ0v) is 20.1. The Morgan fingerprint density at radius 1 is 1.33 bits per heavy atom. The Morgan fingerprint density at radius 3 is 2.81 bits per heavy atom. The SMILES string of the molecule is Cc1noc(COc2cnc(C(=O)Cc3ccc(F)c([C@@]4(C)N=C(N)S[C@@]5(C(F)F)C[C@@H]45)c3)cn2)n1. The van der Waals surface area contributed by atoms with Crippen molar-refractivity contribution >= 4 is 22.7 Å². The van der Waals surface area contributed by atoms with E-state index in [2.05, 4.69) is 25.1 Å². The lowest BCUT2D eigenvalue weighted by molar-refractivity contribution is 0.0987. The molecule has 0 radical (unpaired) electrons. The van der Waals surface area contributed by atoms with Crippen molar-refractivity contribution in [2.45, 2.75) is 50.0 Å². The van der Waals surface area contributed by atoms with Crippen molar-refractivity contribution in [1.82, 2.24) is 20.1 Å². The van der Waals surface area contributed by atoms with E-state index in [0.29, 0.717) is 11.4 Å². The molecule has 188 valence electrons. The normalized spacial score (nSPS) is 24.8. The number of nitrogens with two attached hydrogens (primary N) is 1. The largest absolute Gasteiger partial charge is 0.466 e. The van der Waals surface area contributed by atoms with E-state index in [0.717, 1.165) is 11.8 Å². The lowest BCUT2D eigenvalue weighted by Crippen LogP contribution is -2.39. The third kappa shape index (κ3) is 4.31. The molecule has 0 bridgehead atoms. The standard InChI is InChI=1S/C23H21F3N6O3S/c1-11-30-19(35-32-11)10-34-18-9-28-15(8-29-18)16(33)6-12-3-4-14(24)13(5-12)22(2)17-7-23(17,20(25)26)36-21(27)31-22/h3-5,8-9,17,20H,6-7,10H2,1-2H3,(H2,27,31)/t17-,22+,23-/m0/s1. The van der Waals surface area contributed by atoms with Crippen LogP contribution >= 0.6 is 11.8 Å². The number of benzene rings is 1. The van der Waals surface area contributed by atoms with E-state index in [4.69, 9.17) is 15.0 Å². The summed E-state index contributed by atoms with van der Waals surface area (Å²) < 4.78 is 51.5. The van der Waals surface area contributed by atoms with Gasteiger partial charge < -0.3 is 15.0 Å². The van der Waals surface area contributed by atoms with Crippen LogP contribution in [0.4, 0.5) is 13.2 Å². The summed E-state index contributed by atoms with van der Waals surface area (Å²) in [5.74, 6) is -0.615. The quantitative estimate of drug-likeness (QED) is 0.445. The lowest BCUT2D eigenvalue weighted by Gasteiger charge is -2.34. The number of rotatable bonds is 8. The number of halogens is 3. The first-order valence-electron chi connectivity index (χ1n) is 11.0. The molecule has 36 heavy (non-hydrogen) atoms. The number of hydrogen-bond donors (Lipinski definition) is 1. The molecule has 3 atom stereocenters. The van der Waals surface area contributed by atoms with Gasteiger partial charge in [-0.25, -0.2) is 23.1 Å². The highest BCUT2D eigenvalue weighted by Gasteiger charge is 2.71. The number of ether oxygens (including phenoxy) is 1. The molecule has 9 nitrogen and oxygen atoms in total. The van der Waals surface area contributed by atoms with Crippen LogP contribution in [-0.2, 0) is 18.6 Å². The van der Waals surface area contributed by atoms with Crippen LogP contribution in [0.15, 0.2) is 40.1 Å². The second-order valence-electron chi connectivity index (χ2n) is 8.89. The number of aryl methyl sites for hydroxylation is 1. The average Bonchev–Trinajstić information content (AvgIpc) is 3.46. The Hall–Kier alpha value is -3.48. The molecule has 1 fully saturated rings. The fourth-order valence-corrected chi connectivity index (χ4v) is 5.86. The molecule has 0 saturated heterocycles. The van der Waals surface area contributed by atoms with Gasteiger partial charge >= 0.3 is 0 Å². The number of ketones is 1. The van der Waals surface area contributed by atoms with Gasteiger partial charge in [0.2, 0.25) is 5.88 Å². The Bertz CT molecular complexity index is 1350. The molecule has 1 aliphatic heterocycles. The molecule has 1 aliphatic carbocycles. The zero-order chi connectivity index (χ0) is 25.7. The first-order valence-corrected chi connectivity index (χ1v) is 11.8. The monoisotopic (exact) mass is 518 g/mol. The molecule has 2 aliphatic rings. The third-order valence-electron chi connectivity index (χ3n) is 6.41. The van der Waals surface area contributed by atoms with Crippen molar-refractivity contribution in [3.63, 3.8) is 0 Å². The third-order valence-corrected chi connectivity index (χ3v) is 7.72. The number of aromatic nitrogens is 4. The molecule has 0 spiro atoms. The van der Waals surface area contributed by atoms with Crippen LogP contribution in [-0.4, -0.2) is 42.2 Å². The summed E-state index contributed by atoms with van der Waals surface area (Å²) in [5.41, 5.74) is 5.32. The molecule has 1 saturated carbocycles. The van der Waals surface area contributed by atoms with E-state index in [1.165, 1.54) is 30.6 Å². The van der Waals surface area contributed by atoms with Crippen LogP contribution in [0.3, 0.4) is 0 Å². The van der Waals surface area contributed by atoms with Gasteiger partial charge in [-0.2, -0.15) is 4.98 Å². The van der Waals surface area contributed by atoms with Crippen molar-refractivity contribution < 1.29 is 27.2 Å². The first kappa shape index (κ1) is 24.2. The fraction of sp³-hybridized carbons (Fsp3) is 0.391. The van der Waals surface area contributed by atoms with Crippen LogP contribution in [0.2, 0.25) is 0 Å². The first-order chi connectivity index (χ1) is 17.1. The maximum Gasteiger partial charge on any atom is 0.264 e. The van der Waals surface area contributed by atoms with Crippen LogP contribution in [0.1, 0.15) is 46.7 Å². The molecule has 5 rings (SSSR count). The van der Waals surface area contributed by atoms with Gasteiger partial charge in [-0.3, -0.25) is 9.79 Å². The number of amidine groups is 1. The summed E-state index contributed by atoms with van der Waals surface area (Å²) in [6, 6.07) is 4.17. The molecule has 3 heterocycles. The predicted octanol–water partition coefficient (Wildman–Crippen LogP) is 3.61. The van der Waals surface area contributed by atoms with Gasteiger partial charge in [0.1, 0.15) is 11.5 Å². The van der Waals surface area contributed by atoms with Crippen LogP contribution in [0.5, 0.6) is 5.88 Å². The summed E-state index contributed by atoms with van der Waals surface area (Å²) in [4.78, 5) is 29.3. The van der Waals surface area contributed by atoms with Crippen molar-refractivity contribution in [3.8, 4) is 5.88 Å². The van der Waals surface area contributed by atoms with Gasteiger partial charge in [-0.1, -0.05) is 23.0 Å². The number of aliphatic imine (C=N–C) groups is 1. The number of fused-ring (bicyclic) bond motifs is 1. The molecular weight excluding hydrogens is 497 g/mol. The molecule has 2 N–H and O–H groups in total. The Balaban J connectivity index is 1.31. The highest BCUT2D eigenvalue weighted by atomic mass is 32.2. The summed E-state index contributed by atoms with van der Waals surface area (Å²) in [6.07, 6.45) is 0.0251. The van der Waals surface area contributed by atoms with Gasteiger partial charge in [-0.15, -0.1) is 0 Å². The van der Waals surface area contributed by atoms with Crippen molar-refractivity contribution in [3.05, 3.63) is 64.9 Å². The number of alkyl halides is 2. The minimum absolute atomic E-state index is 0.000705. The zero-order valence-electron chi connectivity index (χ0n) is 19.2. The summed E-state index contributed by atoms with van der Waals surface area (Å²) in [7, 11) is 0. The summed E-state index contributed by atoms with van der Waals surface area (Å²) >= 11 is 0.854. The Labute approximate surface area is 207 Å². The van der Waals surface area contributed by atoms with Crippen LogP contribution in [0, 0.1) is 18.7 Å². The number of Topliss-reactive ketones (excluding diaryl/α,β-unsaturated/α-hetero) is 1. The van der Waals surface area contributed by atoms with Crippen molar-refractivity contribution in [1.29, 1.82) is 0 Å². The summed E-state index contributed by atoms with van der Waals surface area (Å²) in [5, 5.41) is 3.65. The number of thioether (sulfide) groups is 1. The van der Waals surface area contributed by atoms with Crippen molar-refractivity contribution in [2.75, 3.05) is 0 Å². The maximum absolute atomic E-state index is 14.9. The summed E-state index contributed by atoms with van der Waals surface area (Å²) in [6.45, 7) is 3.29. The van der Waals surface area contributed by atoms with Crippen LogP contribution in [0.25, 0.3) is 0 Å². The number of carbonyl (C=O) groups is 1. The number of hydrogen-bond acceptors (Lipinski definition) is 10. The van der Waals surface area contributed by atoms with E-state index in [1.807, 2.05) is 0 Å². The second-order valence-corrected chi connectivity index (χ2v) is 10.3. The van der Waals surface area contributed by atoms with E-state index < -0.39 is 28.4 Å². The minimum atomic E-state index is -2.62. The van der Waals surface area contributed by atoms with E-state index in [-0.39, 0.29) is 53.4 Å². The van der Waals surface area contributed by atoms with Crippen LogP contribution < -0.4 is 10.5 Å². The predicted molar refractivity (Wildman–Crippen MR) is 123 cm³/mol. The highest BCUT2D eigenvalue weighted by Crippen LogP contribution is 2.68. The van der Waals surface area contributed by atoms with Gasteiger partial charge in [0.15, 0.2) is 23.4 Å². The molecule has 0 amide bonds. The second kappa shape index (κ2) is 8.87.